The van der Waals surface area contributed by atoms with Crippen molar-refractivity contribution < 1.29 is 19.1 Å². The molecule has 0 amide bonds. The van der Waals surface area contributed by atoms with Crippen molar-refractivity contribution in [2.24, 2.45) is 0 Å². The lowest BCUT2D eigenvalue weighted by molar-refractivity contribution is -0.137. The molecule has 6 nitrogen and oxygen atoms in total. The molecule has 0 unspecified atom stereocenters. The second-order valence-corrected chi connectivity index (χ2v) is 5.99. The molecule has 27 heavy (non-hydrogen) atoms. The highest BCUT2D eigenvalue weighted by Crippen LogP contribution is 2.26. The molecule has 0 aliphatic carbocycles. The lowest BCUT2D eigenvalue weighted by Gasteiger charge is -2.15. The third-order valence-electron chi connectivity index (χ3n) is 4.34. The Bertz CT molecular complexity index is 961. The number of methoxy groups -OCH3 is 1. The van der Waals surface area contributed by atoms with Crippen LogP contribution in [0.15, 0.2) is 29.8 Å². The van der Waals surface area contributed by atoms with Crippen LogP contribution in [0.3, 0.4) is 0 Å². The minimum Gasteiger partial charge on any atom is -0.465 e. The first-order valence-electron chi connectivity index (χ1n) is 8.51. The molecule has 0 radical (unpaired) electrons. The summed E-state index contributed by atoms with van der Waals surface area (Å²) in [6, 6.07) is 9.19. The number of nitriles is 1. The van der Waals surface area contributed by atoms with Crippen LogP contribution in [0.5, 0.6) is 0 Å². The fourth-order valence-electron chi connectivity index (χ4n) is 3.00. The lowest BCUT2D eigenvalue weighted by Crippen LogP contribution is -2.09. The number of benzene rings is 1. The monoisotopic (exact) mass is 366 g/mol. The number of carbonyl (C=O) groups is 2. The molecule has 0 aliphatic heterocycles. The summed E-state index contributed by atoms with van der Waals surface area (Å²) < 4.78 is 11.7. The Balaban J connectivity index is 2.59. The standard InChI is InChI=1S/C21H22N2O4/c1-6-27-20(24)17(12-22)11-16-10-13(2)23(15(16)4)19-9-7-8-18(14(19)3)21(25)26-5/h7-11H,6H2,1-5H3/b17-11-. The Kier molecular flexibility index (Phi) is 6.19. The zero-order valence-corrected chi connectivity index (χ0v) is 16.1. The van der Waals surface area contributed by atoms with Gasteiger partial charge in [-0.15, -0.1) is 0 Å². The number of aromatic nitrogens is 1. The number of carbonyl (C=O) groups excluding carboxylic acids is 2. The van der Waals surface area contributed by atoms with Crippen molar-refractivity contribution in [2.75, 3.05) is 13.7 Å². The molecule has 0 saturated heterocycles. The van der Waals surface area contributed by atoms with Gasteiger partial charge in [0.15, 0.2) is 0 Å². The van der Waals surface area contributed by atoms with Crippen molar-refractivity contribution in [1.82, 2.24) is 4.57 Å². The van der Waals surface area contributed by atoms with Crippen LogP contribution in [0.4, 0.5) is 0 Å². The van der Waals surface area contributed by atoms with E-state index in [0.717, 1.165) is 28.2 Å². The molecule has 0 atom stereocenters. The van der Waals surface area contributed by atoms with E-state index in [2.05, 4.69) is 0 Å². The van der Waals surface area contributed by atoms with E-state index in [1.54, 1.807) is 19.1 Å². The van der Waals surface area contributed by atoms with Crippen molar-refractivity contribution in [1.29, 1.82) is 5.26 Å². The second kappa shape index (κ2) is 8.37. The van der Waals surface area contributed by atoms with E-state index in [1.807, 2.05) is 43.5 Å². The Morgan fingerprint density at radius 2 is 1.96 bits per heavy atom. The van der Waals surface area contributed by atoms with Gasteiger partial charge in [0.05, 0.1) is 19.3 Å². The van der Waals surface area contributed by atoms with Gasteiger partial charge in [-0.1, -0.05) is 6.07 Å². The number of ether oxygens (including phenoxy) is 2. The van der Waals surface area contributed by atoms with Gasteiger partial charge in [0, 0.05) is 17.1 Å². The van der Waals surface area contributed by atoms with E-state index in [0.29, 0.717) is 5.56 Å². The van der Waals surface area contributed by atoms with Gasteiger partial charge in [0.1, 0.15) is 11.6 Å². The first-order valence-corrected chi connectivity index (χ1v) is 8.51. The first kappa shape index (κ1) is 20.0. The van der Waals surface area contributed by atoms with Gasteiger partial charge in [-0.25, -0.2) is 9.59 Å². The van der Waals surface area contributed by atoms with Gasteiger partial charge in [0.25, 0.3) is 0 Å². The van der Waals surface area contributed by atoms with Gasteiger partial charge in [-0.2, -0.15) is 5.26 Å². The SMILES string of the molecule is CCOC(=O)/C(C#N)=C\c1cc(C)n(-c2cccc(C(=O)OC)c2C)c1C. The normalized spacial score (nSPS) is 11.0. The molecular weight excluding hydrogens is 344 g/mol. The number of rotatable bonds is 5. The Hall–Kier alpha value is -3.33. The van der Waals surface area contributed by atoms with Crippen molar-refractivity contribution >= 4 is 18.0 Å². The molecule has 1 aromatic heterocycles. The van der Waals surface area contributed by atoms with Crippen LogP contribution in [0.1, 0.15) is 39.8 Å². The fourth-order valence-corrected chi connectivity index (χ4v) is 3.00. The zero-order valence-electron chi connectivity index (χ0n) is 16.1. The van der Waals surface area contributed by atoms with Gasteiger partial charge in [-0.05, 0) is 63.1 Å². The Morgan fingerprint density at radius 1 is 1.26 bits per heavy atom. The summed E-state index contributed by atoms with van der Waals surface area (Å²) >= 11 is 0. The smallest absolute Gasteiger partial charge is 0.348 e. The van der Waals surface area contributed by atoms with Crippen molar-refractivity contribution in [2.45, 2.75) is 27.7 Å². The van der Waals surface area contributed by atoms with Gasteiger partial charge >= 0.3 is 11.9 Å². The Labute approximate surface area is 158 Å². The summed E-state index contributed by atoms with van der Waals surface area (Å²) in [6.07, 6.45) is 1.52. The predicted molar refractivity (Wildman–Crippen MR) is 102 cm³/mol. The topological polar surface area (TPSA) is 81.3 Å². The van der Waals surface area contributed by atoms with Crippen LogP contribution in [0.25, 0.3) is 11.8 Å². The van der Waals surface area contributed by atoms with Gasteiger partial charge in [0.2, 0.25) is 0 Å². The highest BCUT2D eigenvalue weighted by atomic mass is 16.5. The fraction of sp³-hybridized carbons (Fsp3) is 0.286. The summed E-state index contributed by atoms with van der Waals surface area (Å²) in [4.78, 5) is 23.9. The maximum atomic E-state index is 12.0. The van der Waals surface area contributed by atoms with Crippen LogP contribution < -0.4 is 0 Å². The second-order valence-electron chi connectivity index (χ2n) is 5.99. The number of hydrogen-bond acceptors (Lipinski definition) is 5. The minimum absolute atomic E-state index is 0.0582. The average molecular weight is 366 g/mol. The summed E-state index contributed by atoms with van der Waals surface area (Å²) in [5, 5.41) is 9.26. The number of nitrogens with zero attached hydrogens (tertiary/aromatic N) is 2. The predicted octanol–water partition coefficient (Wildman–Crippen LogP) is 3.66. The maximum Gasteiger partial charge on any atom is 0.348 e. The van der Waals surface area contributed by atoms with Crippen LogP contribution in [0, 0.1) is 32.1 Å². The molecule has 140 valence electrons. The van der Waals surface area contributed by atoms with Gasteiger partial charge in [-0.3, -0.25) is 0 Å². The van der Waals surface area contributed by atoms with Crippen molar-refractivity contribution in [3.63, 3.8) is 0 Å². The highest BCUT2D eigenvalue weighted by molar-refractivity contribution is 5.98. The van der Waals surface area contributed by atoms with E-state index < -0.39 is 11.9 Å². The van der Waals surface area contributed by atoms with Crippen LogP contribution in [0.2, 0.25) is 0 Å². The summed E-state index contributed by atoms with van der Waals surface area (Å²) in [6.45, 7) is 7.57. The van der Waals surface area contributed by atoms with Crippen LogP contribution in [-0.4, -0.2) is 30.2 Å². The molecule has 0 fully saturated rings. The molecular formula is C21H22N2O4. The molecule has 0 bridgehead atoms. The molecule has 0 N–H and O–H groups in total. The highest BCUT2D eigenvalue weighted by Gasteiger charge is 2.18. The Morgan fingerprint density at radius 3 is 2.56 bits per heavy atom. The number of esters is 2. The van der Waals surface area contributed by atoms with E-state index in [9.17, 15) is 14.9 Å². The minimum atomic E-state index is -0.645. The molecule has 0 aliphatic rings. The van der Waals surface area contributed by atoms with Crippen molar-refractivity contribution in [3.05, 3.63) is 57.9 Å². The number of hydrogen-bond donors (Lipinski definition) is 0. The lowest BCUT2D eigenvalue weighted by atomic mass is 10.1. The van der Waals surface area contributed by atoms with E-state index in [4.69, 9.17) is 9.47 Å². The van der Waals surface area contributed by atoms with Crippen LogP contribution in [-0.2, 0) is 14.3 Å². The maximum absolute atomic E-state index is 12.0. The third-order valence-corrected chi connectivity index (χ3v) is 4.34. The van der Waals surface area contributed by atoms with Crippen molar-refractivity contribution in [3.8, 4) is 11.8 Å². The first-order chi connectivity index (χ1) is 12.8. The molecule has 1 heterocycles. The average Bonchev–Trinajstić information content (AvgIpc) is 2.92. The number of aryl methyl sites for hydroxylation is 1. The zero-order chi connectivity index (χ0) is 20.1. The van der Waals surface area contributed by atoms with Gasteiger partial charge < -0.3 is 14.0 Å². The van der Waals surface area contributed by atoms with E-state index in [-0.39, 0.29) is 12.2 Å². The molecule has 1 aromatic carbocycles. The third kappa shape index (κ3) is 3.93. The van der Waals surface area contributed by atoms with E-state index in [1.165, 1.54) is 13.2 Å². The summed E-state index contributed by atoms with van der Waals surface area (Å²) in [7, 11) is 1.35. The van der Waals surface area contributed by atoms with Crippen LogP contribution >= 0.6 is 0 Å². The molecule has 2 rings (SSSR count). The summed E-state index contributed by atoms with van der Waals surface area (Å²) in [5.74, 6) is -1.04. The molecule has 6 heteroatoms. The largest absolute Gasteiger partial charge is 0.465 e. The summed E-state index contributed by atoms with van der Waals surface area (Å²) in [5.41, 5.74) is 4.54. The molecule has 0 spiro atoms. The quantitative estimate of drug-likeness (QED) is 0.458. The van der Waals surface area contributed by atoms with E-state index >= 15 is 0 Å². The molecule has 2 aromatic rings. The molecule has 0 saturated carbocycles.